The number of benzene rings is 4. The Bertz CT molecular complexity index is 1440. The summed E-state index contributed by atoms with van der Waals surface area (Å²) in [6.45, 7) is 2.96. The summed E-state index contributed by atoms with van der Waals surface area (Å²) in [7, 11) is 0. The van der Waals surface area contributed by atoms with Gasteiger partial charge in [0, 0.05) is 10.0 Å². The molecule has 0 unspecified atom stereocenters. The summed E-state index contributed by atoms with van der Waals surface area (Å²) >= 11 is 3.42. The van der Waals surface area contributed by atoms with Crippen LogP contribution >= 0.6 is 15.9 Å². The quantitative estimate of drug-likeness (QED) is 0.0903. The third kappa shape index (κ3) is 8.02. The van der Waals surface area contributed by atoms with Crippen LogP contribution in [0.4, 0.5) is 0 Å². The molecule has 0 aliphatic rings. The number of carbonyl (C=O) groups is 2. The molecule has 7 nitrogen and oxygen atoms in total. The molecular weight excluding hydrogens is 560 g/mol. The molecule has 0 aliphatic carbocycles. The fraction of sp³-hybridized carbons (Fsp3) is 0.129. The van der Waals surface area contributed by atoms with Crippen LogP contribution in [0.3, 0.4) is 0 Å². The lowest BCUT2D eigenvalue weighted by molar-refractivity contribution is 0.0734. The number of hydrazone groups is 1. The van der Waals surface area contributed by atoms with Crippen molar-refractivity contribution in [3.05, 3.63) is 124 Å². The second kappa shape index (κ2) is 13.9. The number of nitrogens with zero attached hydrogens (tertiary/aromatic N) is 1. The maximum absolute atomic E-state index is 12.9. The molecule has 0 saturated carbocycles. The molecule has 39 heavy (non-hydrogen) atoms. The lowest BCUT2D eigenvalue weighted by atomic mass is 10.2. The van der Waals surface area contributed by atoms with Crippen molar-refractivity contribution in [2.45, 2.75) is 20.0 Å². The Balaban J connectivity index is 1.42. The van der Waals surface area contributed by atoms with Crippen LogP contribution in [0, 0.1) is 0 Å². The van der Waals surface area contributed by atoms with Gasteiger partial charge in [0.15, 0.2) is 0 Å². The molecule has 4 aromatic rings. The summed E-state index contributed by atoms with van der Waals surface area (Å²) in [5.74, 6) is 0.459. The van der Waals surface area contributed by atoms with Gasteiger partial charge in [0.2, 0.25) is 0 Å². The van der Waals surface area contributed by atoms with Crippen molar-refractivity contribution in [3.63, 3.8) is 0 Å². The van der Waals surface area contributed by atoms with E-state index in [-0.39, 0.29) is 0 Å². The van der Waals surface area contributed by atoms with Gasteiger partial charge in [-0.2, -0.15) is 5.10 Å². The molecule has 4 aromatic carbocycles. The molecule has 198 valence electrons. The molecule has 1 amide bonds. The van der Waals surface area contributed by atoms with Gasteiger partial charge in [-0.15, -0.1) is 0 Å². The van der Waals surface area contributed by atoms with E-state index in [2.05, 4.69) is 26.5 Å². The first-order valence-corrected chi connectivity index (χ1v) is 13.2. The van der Waals surface area contributed by atoms with E-state index in [4.69, 9.17) is 14.2 Å². The Hall–Kier alpha value is -4.43. The van der Waals surface area contributed by atoms with Crippen molar-refractivity contribution < 1.29 is 23.8 Å². The third-order valence-corrected chi connectivity index (χ3v) is 5.97. The predicted octanol–water partition coefficient (Wildman–Crippen LogP) is 6.80. The number of amides is 1. The van der Waals surface area contributed by atoms with Crippen LogP contribution in [0.15, 0.2) is 107 Å². The minimum Gasteiger partial charge on any atom is -0.494 e. The molecule has 0 heterocycles. The molecule has 1 N–H and O–H groups in total. The van der Waals surface area contributed by atoms with E-state index in [1.54, 1.807) is 66.7 Å². The van der Waals surface area contributed by atoms with Gasteiger partial charge in [-0.3, -0.25) is 4.79 Å². The standard InChI is InChI=1S/C31H27BrN2O5/c1-2-18-37-26-15-12-23(13-16-26)31(36)39-28-17-14-25(32)19-24(28)20-33-34-30(35)27-10-6-7-11-29(27)38-21-22-8-4-3-5-9-22/h3-17,19-20H,2,18,21H2,1H3,(H,34,35)/b33-20-. The maximum Gasteiger partial charge on any atom is 0.343 e. The van der Waals surface area contributed by atoms with Gasteiger partial charge < -0.3 is 14.2 Å². The van der Waals surface area contributed by atoms with E-state index in [9.17, 15) is 9.59 Å². The topological polar surface area (TPSA) is 86.2 Å². The van der Waals surface area contributed by atoms with Gasteiger partial charge in [-0.25, -0.2) is 10.2 Å². The maximum atomic E-state index is 12.9. The van der Waals surface area contributed by atoms with Crippen molar-refractivity contribution in [1.82, 2.24) is 5.43 Å². The first kappa shape index (κ1) is 27.6. The molecule has 0 fully saturated rings. The van der Waals surface area contributed by atoms with Crippen molar-refractivity contribution in [2.75, 3.05) is 6.61 Å². The van der Waals surface area contributed by atoms with E-state index < -0.39 is 11.9 Å². The molecule has 0 aliphatic heterocycles. The summed E-state index contributed by atoms with van der Waals surface area (Å²) in [5.41, 5.74) is 4.73. The third-order valence-electron chi connectivity index (χ3n) is 5.48. The van der Waals surface area contributed by atoms with E-state index in [0.717, 1.165) is 16.5 Å². The first-order valence-electron chi connectivity index (χ1n) is 12.4. The molecule has 4 rings (SSSR count). The van der Waals surface area contributed by atoms with Gasteiger partial charge in [0.25, 0.3) is 5.91 Å². The zero-order chi connectivity index (χ0) is 27.5. The molecule has 0 bridgehead atoms. The monoisotopic (exact) mass is 586 g/mol. The molecule has 8 heteroatoms. The summed E-state index contributed by atoms with van der Waals surface area (Å²) in [5, 5.41) is 4.09. The number of hydrogen-bond donors (Lipinski definition) is 1. The Morgan fingerprint density at radius 1 is 0.872 bits per heavy atom. The van der Waals surface area contributed by atoms with Crippen LogP contribution in [0.5, 0.6) is 17.2 Å². The SMILES string of the molecule is CCCOc1ccc(C(=O)Oc2ccc(Br)cc2/C=N\NC(=O)c2ccccc2OCc2ccccc2)cc1. The second-order valence-electron chi connectivity index (χ2n) is 8.41. The summed E-state index contributed by atoms with van der Waals surface area (Å²) in [6, 6.07) is 28.5. The number of carbonyl (C=O) groups excluding carboxylic acids is 2. The Labute approximate surface area is 235 Å². The van der Waals surface area contributed by atoms with E-state index in [1.807, 2.05) is 37.3 Å². The zero-order valence-corrected chi connectivity index (χ0v) is 22.9. The Kier molecular flexibility index (Phi) is 9.85. The van der Waals surface area contributed by atoms with Crippen molar-refractivity contribution in [1.29, 1.82) is 0 Å². The summed E-state index contributed by atoms with van der Waals surface area (Å²) < 4.78 is 17.8. The van der Waals surface area contributed by atoms with Crippen molar-refractivity contribution >= 4 is 34.0 Å². The van der Waals surface area contributed by atoms with E-state index >= 15 is 0 Å². The number of esters is 1. The highest BCUT2D eigenvalue weighted by Gasteiger charge is 2.14. The Morgan fingerprint density at radius 2 is 1.62 bits per heavy atom. The summed E-state index contributed by atoms with van der Waals surface area (Å²) in [4.78, 5) is 25.6. The minimum absolute atomic E-state index is 0.291. The van der Waals surface area contributed by atoms with Crippen LogP contribution in [-0.2, 0) is 6.61 Å². The van der Waals surface area contributed by atoms with E-state index in [0.29, 0.717) is 47.2 Å². The lowest BCUT2D eigenvalue weighted by Gasteiger charge is -2.11. The van der Waals surface area contributed by atoms with Crippen molar-refractivity contribution in [3.8, 4) is 17.2 Å². The highest BCUT2D eigenvalue weighted by Crippen LogP contribution is 2.24. The van der Waals surface area contributed by atoms with Gasteiger partial charge in [0.1, 0.15) is 23.9 Å². The predicted molar refractivity (Wildman–Crippen MR) is 154 cm³/mol. The molecule has 0 aromatic heterocycles. The number of ether oxygens (including phenoxy) is 3. The van der Waals surface area contributed by atoms with Crippen LogP contribution in [0.1, 0.15) is 45.2 Å². The number of hydrogen-bond acceptors (Lipinski definition) is 6. The minimum atomic E-state index is -0.525. The molecule has 0 radical (unpaired) electrons. The average Bonchev–Trinajstić information content (AvgIpc) is 2.97. The normalized spacial score (nSPS) is 10.7. The van der Waals surface area contributed by atoms with Gasteiger partial charge in [0.05, 0.1) is 23.9 Å². The highest BCUT2D eigenvalue weighted by molar-refractivity contribution is 9.10. The van der Waals surface area contributed by atoms with Crippen LogP contribution in [0.2, 0.25) is 0 Å². The fourth-order valence-corrected chi connectivity index (χ4v) is 3.89. The lowest BCUT2D eigenvalue weighted by Crippen LogP contribution is -2.19. The largest absolute Gasteiger partial charge is 0.494 e. The Morgan fingerprint density at radius 3 is 2.38 bits per heavy atom. The fourth-order valence-electron chi connectivity index (χ4n) is 3.52. The van der Waals surface area contributed by atoms with Gasteiger partial charge in [-0.1, -0.05) is 65.3 Å². The highest BCUT2D eigenvalue weighted by atomic mass is 79.9. The van der Waals surface area contributed by atoms with Crippen molar-refractivity contribution in [2.24, 2.45) is 5.10 Å². The smallest absolute Gasteiger partial charge is 0.343 e. The van der Waals surface area contributed by atoms with Gasteiger partial charge >= 0.3 is 5.97 Å². The molecule has 0 saturated heterocycles. The molecule has 0 spiro atoms. The van der Waals surface area contributed by atoms with E-state index in [1.165, 1.54) is 6.21 Å². The second-order valence-corrected chi connectivity index (χ2v) is 9.33. The molecule has 0 atom stereocenters. The van der Waals surface area contributed by atoms with Crippen LogP contribution in [-0.4, -0.2) is 24.7 Å². The average molecular weight is 587 g/mol. The van der Waals surface area contributed by atoms with Crippen LogP contribution in [0.25, 0.3) is 0 Å². The van der Waals surface area contributed by atoms with Gasteiger partial charge in [-0.05, 0) is 66.6 Å². The summed E-state index contributed by atoms with van der Waals surface area (Å²) in [6.07, 6.45) is 2.31. The number of halogens is 1. The molecular formula is C31H27BrN2O5. The van der Waals surface area contributed by atoms with Crippen LogP contribution < -0.4 is 19.6 Å². The number of rotatable bonds is 11. The first-order chi connectivity index (χ1) is 19.0. The number of para-hydroxylation sites is 1. The zero-order valence-electron chi connectivity index (χ0n) is 21.3. The number of nitrogens with one attached hydrogen (secondary N) is 1.